The molecule has 1 heterocycles. The van der Waals surface area contributed by atoms with Crippen molar-refractivity contribution in [2.75, 3.05) is 25.1 Å². The minimum absolute atomic E-state index is 0.0662. The normalized spacial score (nSPS) is 17.0. The van der Waals surface area contributed by atoms with Crippen LogP contribution in [0.1, 0.15) is 24.0 Å². The SMILES string of the molecule is Cc1cc(NC(=O)NC2CCOC2)ccc1C#CCCO. The number of hydrogen-bond donors (Lipinski definition) is 3. The predicted octanol–water partition coefficient (Wildman–Crippen LogP) is 1.64. The Balaban J connectivity index is 1.93. The van der Waals surface area contributed by atoms with Crippen LogP contribution in [0.25, 0.3) is 0 Å². The highest BCUT2D eigenvalue weighted by molar-refractivity contribution is 5.89. The molecule has 0 aromatic heterocycles. The number of hydrogen-bond acceptors (Lipinski definition) is 3. The first-order valence-corrected chi connectivity index (χ1v) is 7.04. The second-order valence-corrected chi connectivity index (χ2v) is 4.96. The first-order chi connectivity index (χ1) is 10.2. The van der Waals surface area contributed by atoms with Crippen molar-refractivity contribution in [3.05, 3.63) is 29.3 Å². The molecule has 0 bridgehead atoms. The molecule has 2 rings (SSSR count). The number of aliphatic hydroxyl groups excluding tert-OH is 1. The first kappa shape index (κ1) is 15.4. The zero-order valence-corrected chi connectivity index (χ0v) is 12.1. The summed E-state index contributed by atoms with van der Waals surface area (Å²) < 4.78 is 5.21. The van der Waals surface area contributed by atoms with Gasteiger partial charge < -0.3 is 20.5 Å². The molecular weight excluding hydrogens is 268 g/mol. The van der Waals surface area contributed by atoms with Crippen molar-refractivity contribution in [1.82, 2.24) is 5.32 Å². The van der Waals surface area contributed by atoms with E-state index in [1.54, 1.807) is 0 Å². The molecule has 1 unspecified atom stereocenters. The molecule has 0 spiro atoms. The van der Waals surface area contributed by atoms with Crippen LogP contribution in [0.4, 0.5) is 10.5 Å². The van der Waals surface area contributed by atoms with Crippen LogP contribution in [-0.2, 0) is 4.74 Å². The van der Waals surface area contributed by atoms with E-state index >= 15 is 0 Å². The van der Waals surface area contributed by atoms with E-state index in [0.29, 0.717) is 19.6 Å². The van der Waals surface area contributed by atoms with Crippen LogP contribution in [0.2, 0.25) is 0 Å². The number of anilines is 1. The second kappa shape index (κ2) is 7.67. The highest BCUT2D eigenvalue weighted by atomic mass is 16.5. The maximum atomic E-state index is 11.8. The Morgan fingerprint density at radius 1 is 1.52 bits per heavy atom. The van der Waals surface area contributed by atoms with Crippen molar-refractivity contribution in [3.63, 3.8) is 0 Å². The molecule has 1 atom stereocenters. The summed E-state index contributed by atoms with van der Waals surface area (Å²) in [5.74, 6) is 5.89. The average molecular weight is 288 g/mol. The van der Waals surface area contributed by atoms with E-state index in [1.165, 1.54) is 0 Å². The summed E-state index contributed by atoms with van der Waals surface area (Å²) >= 11 is 0. The number of carbonyl (C=O) groups is 1. The first-order valence-electron chi connectivity index (χ1n) is 7.04. The Labute approximate surface area is 124 Å². The molecular formula is C16H20N2O3. The minimum atomic E-state index is -0.219. The molecule has 1 fully saturated rings. The van der Waals surface area contributed by atoms with Gasteiger partial charge in [-0.15, -0.1) is 0 Å². The van der Waals surface area contributed by atoms with Gasteiger partial charge in [-0.1, -0.05) is 11.8 Å². The summed E-state index contributed by atoms with van der Waals surface area (Å²) in [7, 11) is 0. The maximum absolute atomic E-state index is 11.8. The van der Waals surface area contributed by atoms with Gasteiger partial charge in [-0.25, -0.2) is 4.79 Å². The molecule has 3 N–H and O–H groups in total. The Hall–Kier alpha value is -2.03. The van der Waals surface area contributed by atoms with Gasteiger partial charge in [0.1, 0.15) is 0 Å². The van der Waals surface area contributed by atoms with Crippen molar-refractivity contribution >= 4 is 11.7 Å². The van der Waals surface area contributed by atoms with Gasteiger partial charge in [0.2, 0.25) is 0 Å². The second-order valence-electron chi connectivity index (χ2n) is 4.96. The number of aliphatic hydroxyl groups is 1. The molecule has 21 heavy (non-hydrogen) atoms. The molecule has 0 aliphatic carbocycles. The maximum Gasteiger partial charge on any atom is 0.319 e. The molecule has 1 saturated heterocycles. The smallest absolute Gasteiger partial charge is 0.319 e. The Morgan fingerprint density at radius 3 is 3.05 bits per heavy atom. The summed E-state index contributed by atoms with van der Waals surface area (Å²) in [6.07, 6.45) is 1.32. The minimum Gasteiger partial charge on any atom is -0.395 e. The molecule has 5 heteroatoms. The van der Waals surface area contributed by atoms with Gasteiger partial charge in [-0.3, -0.25) is 0 Å². The summed E-state index contributed by atoms with van der Waals surface area (Å²) in [5.41, 5.74) is 2.62. The van der Waals surface area contributed by atoms with Crippen molar-refractivity contribution in [3.8, 4) is 11.8 Å². The zero-order valence-electron chi connectivity index (χ0n) is 12.1. The van der Waals surface area contributed by atoms with Gasteiger partial charge in [-0.05, 0) is 37.1 Å². The molecule has 0 saturated carbocycles. The van der Waals surface area contributed by atoms with E-state index in [-0.39, 0.29) is 18.7 Å². The molecule has 0 radical (unpaired) electrons. The van der Waals surface area contributed by atoms with Gasteiger partial charge in [0.05, 0.1) is 19.3 Å². The molecule has 112 valence electrons. The number of urea groups is 1. The number of rotatable bonds is 3. The van der Waals surface area contributed by atoms with E-state index in [0.717, 1.165) is 23.2 Å². The fraction of sp³-hybridized carbons (Fsp3) is 0.438. The number of nitrogens with one attached hydrogen (secondary N) is 2. The quantitative estimate of drug-likeness (QED) is 0.741. The van der Waals surface area contributed by atoms with E-state index in [9.17, 15) is 4.79 Å². The average Bonchev–Trinajstić information content (AvgIpc) is 2.94. The highest BCUT2D eigenvalue weighted by Gasteiger charge is 2.17. The molecule has 2 amide bonds. The van der Waals surface area contributed by atoms with Gasteiger partial charge in [0.15, 0.2) is 0 Å². The van der Waals surface area contributed by atoms with Crippen LogP contribution in [0, 0.1) is 18.8 Å². The van der Waals surface area contributed by atoms with Gasteiger partial charge in [0.25, 0.3) is 0 Å². The third kappa shape index (κ3) is 4.78. The van der Waals surface area contributed by atoms with Crippen molar-refractivity contribution in [2.24, 2.45) is 0 Å². The Kier molecular flexibility index (Phi) is 5.61. The van der Waals surface area contributed by atoms with E-state index in [1.807, 2.05) is 25.1 Å². The largest absolute Gasteiger partial charge is 0.395 e. The van der Waals surface area contributed by atoms with Gasteiger partial charge in [0, 0.05) is 24.3 Å². The third-order valence-corrected chi connectivity index (χ3v) is 3.21. The van der Waals surface area contributed by atoms with Crippen molar-refractivity contribution < 1.29 is 14.6 Å². The lowest BCUT2D eigenvalue weighted by atomic mass is 10.1. The predicted molar refractivity (Wildman–Crippen MR) is 81.1 cm³/mol. The third-order valence-electron chi connectivity index (χ3n) is 3.21. The molecule has 5 nitrogen and oxygen atoms in total. The molecule has 1 aromatic rings. The van der Waals surface area contributed by atoms with Crippen LogP contribution in [-0.4, -0.2) is 37.0 Å². The molecule has 1 aliphatic rings. The number of benzene rings is 1. The Bertz CT molecular complexity index is 554. The molecule has 1 aliphatic heterocycles. The van der Waals surface area contributed by atoms with Gasteiger partial charge in [-0.2, -0.15) is 0 Å². The van der Waals surface area contributed by atoms with Crippen LogP contribution >= 0.6 is 0 Å². The summed E-state index contributed by atoms with van der Waals surface area (Å²) in [6.45, 7) is 3.28. The Morgan fingerprint density at radius 2 is 2.38 bits per heavy atom. The lowest BCUT2D eigenvalue weighted by molar-refractivity contribution is 0.189. The van der Waals surface area contributed by atoms with Gasteiger partial charge >= 0.3 is 6.03 Å². The number of carbonyl (C=O) groups excluding carboxylic acids is 1. The van der Waals surface area contributed by atoms with Crippen LogP contribution < -0.4 is 10.6 Å². The number of ether oxygens (including phenoxy) is 1. The lowest BCUT2D eigenvalue weighted by Crippen LogP contribution is -2.38. The lowest BCUT2D eigenvalue weighted by Gasteiger charge is -2.12. The van der Waals surface area contributed by atoms with Crippen LogP contribution in [0.3, 0.4) is 0 Å². The summed E-state index contributed by atoms with van der Waals surface area (Å²) in [6, 6.07) is 5.45. The summed E-state index contributed by atoms with van der Waals surface area (Å²) in [5, 5.41) is 14.4. The fourth-order valence-corrected chi connectivity index (χ4v) is 2.10. The number of amides is 2. The number of aryl methyl sites for hydroxylation is 1. The highest BCUT2D eigenvalue weighted by Crippen LogP contribution is 2.14. The molecule has 1 aromatic carbocycles. The topological polar surface area (TPSA) is 70.6 Å². The van der Waals surface area contributed by atoms with Crippen LogP contribution in [0.15, 0.2) is 18.2 Å². The monoisotopic (exact) mass is 288 g/mol. The van der Waals surface area contributed by atoms with E-state index in [2.05, 4.69) is 22.5 Å². The van der Waals surface area contributed by atoms with E-state index < -0.39 is 0 Å². The van der Waals surface area contributed by atoms with Crippen molar-refractivity contribution in [1.29, 1.82) is 0 Å². The van der Waals surface area contributed by atoms with E-state index in [4.69, 9.17) is 9.84 Å². The fourth-order valence-electron chi connectivity index (χ4n) is 2.10. The van der Waals surface area contributed by atoms with Crippen LogP contribution in [0.5, 0.6) is 0 Å². The van der Waals surface area contributed by atoms with Crippen molar-refractivity contribution in [2.45, 2.75) is 25.8 Å². The standard InChI is InChI=1S/C16H20N2O3/c1-12-10-14(6-5-13(12)4-2-3-8-19)17-16(20)18-15-7-9-21-11-15/h5-6,10,15,19H,3,7-9,11H2,1H3,(H2,17,18,20). The summed E-state index contributed by atoms with van der Waals surface area (Å²) in [4.78, 5) is 11.8. The zero-order chi connectivity index (χ0) is 15.1.